The lowest BCUT2D eigenvalue weighted by Crippen LogP contribution is -2.54. The van der Waals surface area contributed by atoms with Gasteiger partial charge in [0.15, 0.2) is 6.61 Å². The molecular formula is C27H21Cl2N3O5. The molecule has 0 saturated carbocycles. The number of imide groups is 2. The van der Waals surface area contributed by atoms with Crippen molar-refractivity contribution in [2.75, 3.05) is 16.8 Å². The van der Waals surface area contributed by atoms with Gasteiger partial charge in [-0.05, 0) is 67.4 Å². The van der Waals surface area contributed by atoms with Gasteiger partial charge in [0.25, 0.3) is 17.7 Å². The predicted molar refractivity (Wildman–Crippen MR) is 142 cm³/mol. The fourth-order valence-electron chi connectivity index (χ4n) is 3.57. The molecule has 0 atom stereocenters. The fourth-order valence-corrected chi connectivity index (χ4v) is 3.98. The summed E-state index contributed by atoms with van der Waals surface area (Å²) in [4.78, 5) is 51.1. The number of hydrogen-bond donors (Lipinski definition) is 2. The number of amides is 5. The summed E-state index contributed by atoms with van der Waals surface area (Å²) in [7, 11) is 0. The molecule has 0 aromatic heterocycles. The number of aryl methyl sites for hydroxylation is 2. The molecule has 1 heterocycles. The topological polar surface area (TPSA) is 105 Å². The SMILES string of the molecule is Cc1ccc(NC(=O)COc2ccc(/C=C3\C(=O)NC(=O)N(c4cc(Cl)ccc4C)C3=O)cc2Cl)cc1. The van der Waals surface area contributed by atoms with E-state index in [0.29, 0.717) is 21.8 Å². The number of ether oxygens (including phenoxy) is 1. The number of benzene rings is 3. The number of urea groups is 1. The minimum absolute atomic E-state index is 0.166. The van der Waals surface area contributed by atoms with Gasteiger partial charge < -0.3 is 10.1 Å². The van der Waals surface area contributed by atoms with Gasteiger partial charge in [0.1, 0.15) is 11.3 Å². The average Bonchev–Trinajstić information content (AvgIpc) is 2.84. The largest absolute Gasteiger partial charge is 0.482 e. The molecule has 5 amide bonds. The molecular weight excluding hydrogens is 517 g/mol. The van der Waals surface area contributed by atoms with Crippen LogP contribution in [0, 0.1) is 13.8 Å². The van der Waals surface area contributed by atoms with Gasteiger partial charge in [0.05, 0.1) is 10.7 Å². The zero-order valence-corrected chi connectivity index (χ0v) is 21.3. The van der Waals surface area contributed by atoms with Crippen molar-refractivity contribution in [3.8, 4) is 5.75 Å². The lowest BCUT2D eigenvalue weighted by atomic mass is 10.1. The summed E-state index contributed by atoms with van der Waals surface area (Å²) in [6.45, 7) is 3.39. The van der Waals surface area contributed by atoms with Crippen LogP contribution in [0.25, 0.3) is 6.08 Å². The predicted octanol–water partition coefficient (Wildman–Crippen LogP) is 5.29. The number of halogens is 2. The van der Waals surface area contributed by atoms with Crippen LogP contribution in [0.4, 0.5) is 16.2 Å². The Morgan fingerprint density at radius 3 is 2.43 bits per heavy atom. The molecule has 1 saturated heterocycles. The summed E-state index contributed by atoms with van der Waals surface area (Å²) in [6, 6.07) is 15.8. The third kappa shape index (κ3) is 5.99. The second-order valence-corrected chi connectivity index (χ2v) is 9.13. The minimum Gasteiger partial charge on any atom is -0.482 e. The summed E-state index contributed by atoms with van der Waals surface area (Å²) in [5.74, 6) is -1.76. The van der Waals surface area contributed by atoms with Crippen LogP contribution >= 0.6 is 23.2 Å². The molecule has 1 fully saturated rings. The number of carbonyl (C=O) groups excluding carboxylic acids is 4. The Morgan fingerprint density at radius 1 is 1.00 bits per heavy atom. The van der Waals surface area contributed by atoms with E-state index in [1.807, 2.05) is 19.1 Å². The van der Waals surface area contributed by atoms with Crippen molar-refractivity contribution >= 4 is 64.4 Å². The summed E-state index contributed by atoms with van der Waals surface area (Å²) in [5.41, 5.74) is 2.75. The molecule has 3 aromatic rings. The molecule has 188 valence electrons. The highest BCUT2D eigenvalue weighted by Crippen LogP contribution is 2.30. The maximum Gasteiger partial charge on any atom is 0.335 e. The molecule has 1 aliphatic rings. The normalized spacial score (nSPS) is 14.5. The Labute approximate surface area is 222 Å². The number of nitrogens with zero attached hydrogens (tertiary/aromatic N) is 1. The maximum atomic E-state index is 13.1. The molecule has 0 bridgehead atoms. The lowest BCUT2D eigenvalue weighted by Gasteiger charge is -2.27. The standard InChI is InChI=1S/C27H21Cl2N3O5/c1-15-3-8-19(9-4-15)30-24(33)14-37-23-10-6-17(12-21(23)29)11-20-25(34)31-27(36)32(26(20)35)22-13-18(28)7-5-16(22)2/h3-13H,14H2,1-2H3,(H,30,33)(H,31,34,36)/b20-11+. The Morgan fingerprint density at radius 2 is 1.73 bits per heavy atom. The van der Waals surface area contributed by atoms with Crippen molar-refractivity contribution < 1.29 is 23.9 Å². The maximum absolute atomic E-state index is 13.1. The quantitative estimate of drug-likeness (QED) is 0.328. The van der Waals surface area contributed by atoms with E-state index in [-0.39, 0.29) is 34.5 Å². The molecule has 2 N–H and O–H groups in total. The summed E-state index contributed by atoms with van der Waals surface area (Å²) in [6.07, 6.45) is 1.32. The van der Waals surface area contributed by atoms with Crippen LogP contribution in [0.1, 0.15) is 16.7 Å². The van der Waals surface area contributed by atoms with E-state index in [4.69, 9.17) is 27.9 Å². The molecule has 1 aliphatic heterocycles. The highest BCUT2D eigenvalue weighted by atomic mass is 35.5. The molecule has 8 nitrogen and oxygen atoms in total. The average molecular weight is 538 g/mol. The van der Waals surface area contributed by atoms with Crippen molar-refractivity contribution in [1.29, 1.82) is 0 Å². The van der Waals surface area contributed by atoms with Gasteiger partial charge in [-0.1, -0.05) is 53.0 Å². The van der Waals surface area contributed by atoms with Crippen LogP contribution in [-0.4, -0.2) is 30.4 Å². The van der Waals surface area contributed by atoms with Crippen LogP contribution in [0.5, 0.6) is 5.75 Å². The van der Waals surface area contributed by atoms with Gasteiger partial charge in [-0.15, -0.1) is 0 Å². The molecule has 10 heteroatoms. The van der Waals surface area contributed by atoms with Crippen molar-refractivity contribution in [3.05, 3.63) is 93.0 Å². The van der Waals surface area contributed by atoms with E-state index < -0.39 is 17.8 Å². The smallest absolute Gasteiger partial charge is 0.335 e. The van der Waals surface area contributed by atoms with E-state index in [9.17, 15) is 19.2 Å². The number of rotatable bonds is 6. The number of anilines is 2. The van der Waals surface area contributed by atoms with Crippen LogP contribution in [0.15, 0.2) is 66.2 Å². The number of barbiturate groups is 1. The fraction of sp³-hybridized carbons (Fsp3) is 0.111. The van der Waals surface area contributed by atoms with E-state index >= 15 is 0 Å². The number of carbonyl (C=O) groups is 4. The van der Waals surface area contributed by atoms with Crippen molar-refractivity contribution in [3.63, 3.8) is 0 Å². The van der Waals surface area contributed by atoms with E-state index in [0.717, 1.165) is 10.5 Å². The first kappa shape index (κ1) is 25.9. The van der Waals surface area contributed by atoms with Gasteiger partial charge in [-0.2, -0.15) is 0 Å². The van der Waals surface area contributed by atoms with Gasteiger partial charge >= 0.3 is 6.03 Å². The van der Waals surface area contributed by atoms with Gasteiger partial charge in [0.2, 0.25) is 0 Å². The lowest BCUT2D eigenvalue weighted by molar-refractivity contribution is -0.122. The van der Waals surface area contributed by atoms with Crippen LogP contribution < -0.4 is 20.3 Å². The van der Waals surface area contributed by atoms with Crippen LogP contribution in [0.2, 0.25) is 10.0 Å². The zero-order chi connectivity index (χ0) is 26.7. The Balaban J connectivity index is 1.49. The first-order valence-electron chi connectivity index (χ1n) is 11.1. The van der Waals surface area contributed by atoms with Crippen molar-refractivity contribution in [1.82, 2.24) is 5.32 Å². The van der Waals surface area contributed by atoms with Crippen molar-refractivity contribution in [2.24, 2.45) is 0 Å². The van der Waals surface area contributed by atoms with E-state index in [2.05, 4.69) is 10.6 Å². The van der Waals surface area contributed by atoms with Gasteiger partial charge in [-0.3, -0.25) is 19.7 Å². The number of nitrogens with one attached hydrogen (secondary N) is 2. The van der Waals surface area contributed by atoms with E-state index in [1.54, 1.807) is 37.3 Å². The molecule has 37 heavy (non-hydrogen) atoms. The summed E-state index contributed by atoms with van der Waals surface area (Å²) in [5, 5.41) is 5.39. The van der Waals surface area contributed by atoms with Crippen LogP contribution in [0.3, 0.4) is 0 Å². The van der Waals surface area contributed by atoms with Crippen LogP contribution in [-0.2, 0) is 14.4 Å². The van der Waals surface area contributed by atoms with E-state index in [1.165, 1.54) is 24.3 Å². The molecule has 3 aromatic carbocycles. The first-order valence-corrected chi connectivity index (χ1v) is 11.8. The highest BCUT2D eigenvalue weighted by molar-refractivity contribution is 6.40. The Kier molecular flexibility index (Phi) is 7.61. The first-order chi connectivity index (χ1) is 17.6. The van der Waals surface area contributed by atoms with Gasteiger partial charge in [-0.25, -0.2) is 9.69 Å². The number of hydrogen-bond acceptors (Lipinski definition) is 5. The third-order valence-corrected chi connectivity index (χ3v) is 6.01. The van der Waals surface area contributed by atoms with Crippen molar-refractivity contribution in [2.45, 2.75) is 13.8 Å². The zero-order valence-electron chi connectivity index (χ0n) is 19.8. The summed E-state index contributed by atoms with van der Waals surface area (Å²) >= 11 is 12.4. The minimum atomic E-state index is -0.872. The monoisotopic (exact) mass is 537 g/mol. The highest BCUT2D eigenvalue weighted by Gasteiger charge is 2.37. The second-order valence-electron chi connectivity index (χ2n) is 8.28. The molecule has 0 spiro atoms. The second kappa shape index (κ2) is 10.9. The molecule has 0 radical (unpaired) electrons. The molecule has 4 rings (SSSR count). The molecule has 0 aliphatic carbocycles. The molecule has 0 unspecified atom stereocenters. The Hall–Kier alpha value is -4.14. The van der Waals surface area contributed by atoms with Gasteiger partial charge in [0, 0.05) is 10.7 Å². The summed E-state index contributed by atoms with van der Waals surface area (Å²) < 4.78 is 5.52. The Bertz CT molecular complexity index is 1450. The third-order valence-electron chi connectivity index (χ3n) is 5.47.